The van der Waals surface area contributed by atoms with Crippen LogP contribution in [0.4, 0.5) is 0 Å². The molecule has 148 valence electrons. The highest BCUT2D eigenvalue weighted by Crippen LogP contribution is 2.19. The third-order valence-electron chi connectivity index (χ3n) is 4.56. The molecule has 27 heavy (non-hydrogen) atoms. The highest BCUT2D eigenvalue weighted by Gasteiger charge is 2.14. The number of guanidine groups is 1. The number of hydrogen-bond acceptors (Lipinski definition) is 4. The highest BCUT2D eigenvalue weighted by atomic mass is 127. The summed E-state index contributed by atoms with van der Waals surface area (Å²) in [6, 6.07) is 8.22. The Labute approximate surface area is 177 Å². The minimum absolute atomic E-state index is 0. The lowest BCUT2D eigenvalue weighted by molar-refractivity contribution is 0.410. The fraction of sp³-hybridized carbons (Fsp3) is 0.526. The molecule has 3 N–H and O–H groups in total. The van der Waals surface area contributed by atoms with Crippen molar-refractivity contribution >= 4 is 29.9 Å². The van der Waals surface area contributed by atoms with Crippen LogP contribution < -0.4 is 15.4 Å². The molecule has 0 spiro atoms. The summed E-state index contributed by atoms with van der Waals surface area (Å²) in [5.41, 5.74) is 0.949. The smallest absolute Gasteiger partial charge is 0.191 e. The molecule has 1 aliphatic carbocycles. The topological polar surface area (TPSA) is 87.2 Å². The molecule has 0 amide bonds. The van der Waals surface area contributed by atoms with Gasteiger partial charge in [-0.25, -0.2) is 9.98 Å². The Morgan fingerprint density at radius 1 is 1.22 bits per heavy atom. The van der Waals surface area contributed by atoms with E-state index in [0.717, 1.165) is 29.6 Å². The lowest BCUT2D eigenvalue weighted by Crippen LogP contribution is -2.44. The average molecular weight is 484 g/mol. The van der Waals surface area contributed by atoms with Crippen molar-refractivity contribution in [2.24, 2.45) is 4.99 Å². The van der Waals surface area contributed by atoms with Crippen LogP contribution in [0.15, 0.2) is 29.3 Å². The van der Waals surface area contributed by atoms with Gasteiger partial charge >= 0.3 is 0 Å². The van der Waals surface area contributed by atoms with Gasteiger partial charge in [0.05, 0.1) is 7.11 Å². The molecular formula is C19H29IN6O. The van der Waals surface area contributed by atoms with Crippen LogP contribution in [0.25, 0.3) is 11.4 Å². The molecule has 0 aliphatic heterocycles. The van der Waals surface area contributed by atoms with Gasteiger partial charge in [-0.1, -0.05) is 19.3 Å². The second kappa shape index (κ2) is 11.1. The molecule has 1 fully saturated rings. The summed E-state index contributed by atoms with van der Waals surface area (Å²) < 4.78 is 5.18. The monoisotopic (exact) mass is 484 g/mol. The third-order valence-corrected chi connectivity index (χ3v) is 4.56. The molecule has 2 aromatic rings. The van der Waals surface area contributed by atoms with Gasteiger partial charge in [-0.3, -0.25) is 5.10 Å². The van der Waals surface area contributed by atoms with Gasteiger partial charge in [0, 0.05) is 18.2 Å². The first kappa shape index (κ1) is 21.5. The Hall–Kier alpha value is -1.84. The summed E-state index contributed by atoms with van der Waals surface area (Å²) in [4.78, 5) is 9.20. The summed E-state index contributed by atoms with van der Waals surface area (Å²) in [6.45, 7) is 3.38. The predicted molar refractivity (Wildman–Crippen MR) is 119 cm³/mol. The molecule has 0 atom stereocenters. The Morgan fingerprint density at radius 2 is 1.96 bits per heavy atom. The lowest BCUT2D eigenvalue weighted by Gasteiger charge is -2.24. The molecule has 7 nitrogen and oxygen atoms in total. The van der Waals surface area contributed by atoms with E-state index >= 15 is 0 Å². The van der Waals surface area contributed by atoms with E-state index in [2.05, 4.69) is 37.7 Å². The summed E-state index contributed by atoms with van der Waals surface area (Å²) in [5.74, 6) is 3.08. The van der Waals surface area contributed by atoms with Crippen LogP contribution in [0.1, 0.15) is 44.9 Å². The number of ether oxygens (including phenoxy) is 1. The Balaban J connectivity index is 0.00000261. The van der Waals surface area contributed by atoms with Crippen LogP contribution in [0.3, 0.4) is 0 Å². The molecule has 0 bridgehead atoms. The molecule has 3 rings (SSSR count). The van der Waals surface area contributed by atoms with Crippen molar-refractivity contribution in [1.29, 1.82) is 0 Å². The molecule has 1 aromatic heterocycles. The molecule has 0 radical (unpaired) electrons. The first-order chi connectivity index (χ1) is 12.8. The van der Waals surface area contributed by atoms with Crippen molar-refractivity contribution in [3.63, 3.8) is 0 Å². The van der Waals surface area contributed by atoms with E-state index in [1.165, 1.54) is 32.1 Å². The number of rotatable bonds is 6. The molecular weight excluding hydrogens is 455 g/mol. The second-order valence-corrected chi connectivity index (χ2v) is 6.51. The summed E-state index contributed by atoms with van der Waals surface area (Å²) in [6.07, 6.45) is 6.37. The molecule has 1 aromatic carbocycles. The summed E-state index contributed by atoms with van der Waals surface area (Å²) >= 11 is 0. The minimum atomic E-state index is 0. The number of benzene rings is 1. The number of nitrogens with zero attached hydrogens (tertiary/aromatic N) is 3. The van der Waals surface area contributed by atoms with Crippen molar-refractivity contribution in [3.8, 4) is 17.1 Å². The van der Waals surface area contributed by atoms with Crippen molar-refractivity contribution < 1.29 is 4.74 Å². The number of aliphatic imine (C=N–C) groups is 1. The first-order valence-corrected chi connectivity index (χ1v) is 9.39. The number of hydrogen-bond donors (Lipinski definition) is 3. The molecule has 1 saturated carbocycles. The summed E-state index contributed by atoms with van der Waals surface area (Å²) in [7, 11) is 1.65. The maximum absolute atomic E-state index is 5.18. The van der Waals surface area contributed by atoms with Gasteiger partial charge < -0.3 is 15.4 Å². The molecule has 0 unspecified atom stereocenters. The van der Waals surface area contributed by atoms with Crippen molar-refractivity contribution in [1.82, 2.24) is 25.8 Å². The fourth-order valence-electron chi connectivity index (χ4n) is 3.15. The molecule has 8 heteroatoms. The third kappa shape index (κ3) is 6.37. The van der Waals surface area contributed by atoms with Crippen molar-refractivity contribution in [2.45, 2.75) is 51.6 Å². The number of H-pyrrole nitrogens is 1. The van der Waals surface area contributed by atoms with E-state index < -0.39 is 0 Å². The van der Waals surface area contributed by atoms with Gasteiger partial charge in [-0.05, 0) is 44.0 Å². The largest absolute Gasteiger partial charge is 0.497 e. The van der Waals surface area contributed by atoms with Crippen molar-refractivity contribution in [3.05, 3.63) is 30.1 Å². The van der Waals surface area contributed by atoms with Gasteiger partial charge in [-0.2, -0.15) is 5.10 Å². The van der Waals surface area contributed by atoms with E-state index in [-0.39, 0.29) is 24.0 Å². The van der Waals surface area contributed by atoms with E-state index in [1.54, 1.807) is 7.11 Å². The minimum Gasteiger partial charge on any atom is -0.497 e. The van der Waals surface area contributed by atoms with E-state index in [1.807, 2.05) is 24.3 Å². The zero-order valence-corrected chi connectivity index (χ0v) is 18.3. The molecule has 1 aliphatic rings. The van der Waals surface area contributed by atoms with Gasteiger partial charge in [0.25, 0.3) is 0 Å². The van der Waals surface area contributed by atoms with Crippen LogP contribution in [-0.4, -0.2) is 40.8 Å². The van der Waals surface area contributed by atoms with Crippen molar-refractivity contribution in [2.75, 3.05) is 13.7 Å². The molecule has 1 heterocycles. The number of nitrogens with one attached hydrogen (secondary N) is 3. The zero-order chi connectivity index (χ0) is 18.2. The first-order valence-electron chi connectivity index (χ1n) is 9.39. The standard InChI is InChI=1S/C19H28N6O.HI/c1-3-20-19(22-15-7-5-4-6-8-15)21-13-17-23-18(25-24-17)14-9-11-16(26-2)12-10-14;/h9-12,15H,3-8,13H2,1-2H3,(H2,20,21,22)(H,23,24,25);1H. The van der Waals surface area contributed by atoms with Crippen LogP contribution in [0.2, 0.25) is 0 Å². The van der Waals surface area contributed by atoms with Crippen LogP contribution >= 0.6 is 24.0 Å². The average Bonchev–Trinajstić information content (AvgIpc) is 3.16. The SMILES string of the molecule is CCNC(=NCc1nc(-c2ccc(OC)cc2)n[nH]1)NC1CCCCC1.I. The lowest BCUT2D eigenvalue weighted by atomic mass is 9.96. The highest BCUT2D eigenvalue weighted by molar-refractivity contribution is 14.0. The Morgan fingerprint density at radius 3 is 2.63 bits per heavy atom. The molecule has 0 saturated heterocycles. The maximum atomic E-state index is 5.18. The van der Waals surface area contributed by atoms with Crippen LogP contribution in [-0.2, 0) is 6.54 Å². The number of halogens is 1. The normalized spacial score (nSPS) is 15.1. The van der Waals surface area contributed by atoms with E-state index in [0.29, 0.717) is 18.4 Å². The number of methoxy groups -OCH3 is 1. The number of aromatic nitrogens is 3. The van der Waals surface area contributed by atoms with E-state index in [4.69, 9.17) is 4.74 Å². The number of aromatic amines is 1. The zero-order valence-electron chi connectivity index (χ0n) is 16.0. The van der Waals surface area contributed by atoms with Gasteiger partial charge in [-0.15, -0.1) is 24.0 Å². The van der Waals surface area contributed by atoms with Crippen LogP contribution in [0, 0.1) is 0 Å². The quantitative estimate of drug-likeness (QED) is 0.332. The van der Waals surface area contributed by atoms with Gasteiger partial charge in [0.1, 0.15) is 18.1 Å². The summed E-state index contributed by atoms with van der Waals surface area (Å²) in [5, 5.41) is 14.1. The van der Waals surface area contributed by atoms with Gasteiger partial charge in [0.15, 0.2) is 11.8 Å². The Bertz CT molecular complexity index is 709. The fourth-order valence-corrected chi connectivity index (χ4v) is 3.15. The van der Waals surface area contributed by atoms with Crippen LogP contribution in [0.5, 0.6) is 5.75 Å². The maximum Gasteiger partial charge on any atom is 0.191 e. The predicted octanol–water partition coefficient (Wildman–Crippen LogP) is 3.49. The second-order valence-electron chi connectivity index (χ2n) is 6.51. The van der Waals surface area contributed by atoms with Gasteiger partial charge in [0.2, 0.25) is 0 Å². The Kier molecular flexibility index (Phi) is 8.83. The van der Waals surface area contributed by atoms with E-state index in [9.17, 15) is 0 Å².